The molecule has 2 aliphatic rings. The lowest BCUT2D eigenvalue weighted by molar-refractivity contribution is -0.114. The van der Waals surface area contributed by atoms with Crippen LogP contribution in [0.2, 0.25) is 0 Å². The van der Waals surface area contributed by atoms with E-state index in [1.165, 1.54) is 0 Å². The first-order valence-corrected chi connectivity index (χ1v) is 8.97. The first kappa shape index (κ1) is 17.9. The fraction of sp³-hybridized carbons (Fsp3) is 0.579. The summed E-state index contributed by atoms with van der Waals surface area (Å²) in [5, 5.41) is 6.83. The van der Waals surface area contributed by atoms with Crippen molar-refractivity contribution in [2.45, 2.75) is 38.4 Å². The highest BCUT2D eigenvalue weighted by Gasteiger charge is 2.27. The second-order valence-electron chi connectivity index (χ2n) is 6.63. The van der Waals surface area contributed by atoms with Crippen molar-refractivity contribution in [1.82, 2.24) is 5.32 Å². The zero-order valence-corrected chi connectivity index (χ0v) is 14.6. The number of benzene rings is 1. The number of nitrogens with one attached hydrogen (secondary N) is 1. The standard InChI is InChI=1S/C19H26N2O4/c1-14(16-5-3-2-4-6-16)24-13-17-11-18(21-25-17)19(22)20-9-7-15-8-10-23-12-15/h2-6,14-15,17H,7-13H2,1H3,(H,20,22). The second-order valence-corrected chi connectivity index (χ2v) is 6.63. The Kier molecular flexibility index (Phi) is 6.42. The van der Waals surface area contributed by atoms with Gasteiger partial charge in [0.05, 0.1) is 12.7 Å². The van der Waals surface area contributed by atoms with Crippen molar-refractivity contribution in [2.24, 2.45) is 11.1 Å². The summed E-state index contributed by atoms with van der Waals surface area (Å²) in [6.45, 7) is 4.71. The molecule has 1 saturated heterocycles. The number of hydrogen-bond donors (Lipinski definition) is 1. The van der Waals surface area contributed by atoms with Gasteiger partial charge in [-0.15, -0.1) is 0 Å². The lowest BCUT2D eigenvalue weighted by Crippen LogP contribution is -2.33. The van der Waals surface area contributed by atoms with E-state index in [4.69, 9.17) is 14.3 Å². The molecule has 1 amide bonds. The summed E-state index contributed by atoms with van der Waals surface area (Å²) in [7, 11) is 0. The van der Waals surface area contributed by atoms with E-state index in [9.17, 15) is 4.79 Å². The predicted octanol–water partition coefficient (Wildman–Crippen LogP) is 2.45. The van der Waals surface area contributed by atoms with Crippen molar-refractivity contribution in [3.05, 3.63) is 35.9 Å². The van der Waals surface area contributed by atoms with Gasteiger partial charge in [0, 0.05) is 26.2 Å². The van der Waals surface area contributed by atoms with Gasteiger partial charge in [-0.05, 0) is 31.2 Å². The van der Waals surface area contributed by atoms with Gasteiger partial charge >= 0.3 is 0 Å². The van der Waals surface area contributed by atoms with E-state index in [0.717, 1.165) is 31.6 Å². The first-order valence-electron chi connectivity index (χ1n) is 8.97. The summed E-state index contributed by atoms with van der Waals surface area (Å²) in [6.07, 6.45) is 2.30. The Hall–Kier alpha value is -1.92. The molecular formula is C19H26N2O4. The van der Waals surface area contributed by atoms with Crippen LogP contribution < -0.4 is 5.32 Å². The molecule has 6 nitrogen and oxygen atoms in total. The fourth-order valence-electron chi connectivity index (χ4n) is 3.03. The van der Waals surface area contributed by atoms with Crippen molar-refractivity contribution in [3.8, 4) is 0 Å². The SMILES string of the molecule is CC(OCC1CC(C(=O)NCCC2CCOC2)=NO1)c1ccccc1. The van der Waals surface area contributed by atoms with Gasteiger partial charge in [0.1, 0.15) is 5.71 Å². The van der Waals surface area contributed by atoms with E-state index < -0.39 is 0 Å². The Morgan fingerprint density at radius 2 is 2.24 bits per heavy atom. The van der Waals surface area contributed by atoms with Gasteiger partial charge in [-0.3, -0.25) is 4.79 Å². The number of carbonyl (C=O) groups is 1. The number of hydrogen-bond acceptors (Lipinski definition) is 5. The number of amides is 1. The third kappa shape index (κ3) is 5.28. The average Bonchev–Trinajstić information content (AvgIpc) is 3.32. The molecule has 0 saturated carbocycles. The molecule has 1 N–H and O–H groups in total. The molecule has 1 fully saturated rings. The number of oxime groups is 1. The Morgan fingerprint density at radius 3 is 3.00 bits per heavy atom. The number of rotatable bonds is 8. The molecule has 6 heteroatoms. The Morgan fingerprint density at radius 1 is 1.40 bits per heavy atom. The zero-order valence-electron chi connectivity index (χ0n) is 14.6. The quantitative estimate of drug-likeness (QED) is 0.785. The van der Waals surface area contributed by atoms with Crippen molar-refractivity contribution < 1.29 is 19.1 Å². The number of ether oxygens (including phenoxy) is 2. The molecule has 25 heavy (non-hydrogen) atoms. The molecule has 2 aliphatic heterocycles. The normalized spacial score (nSPS) is 23.8. The zero-order chi connectivity index (χ0) is 17.5. The molecule has 0 aliphatic carbocycles. The molecule has 1 aromatic rings. The van der Waals surface area contributed by atoms with Crippen LogP contribution in [0.25, 0.3) is 0 Å². The highest BCUT2D eigenvalue weighted by atomic mass is 16.7. The van der Waals surface area contributed by atoms with Crippen LogP contribution >= 0.6 is 0 Å². The summed E-state index contributed by atoms with van der Waals surface area (Å²) in [6, 6.07) is 10.0. The fourth-order valence-corrected chi connectivity index (χ4v) is 3.03. The maximum atomic E-state index is 12.1. The minimum Gasteiger partial charge on any atom is -0.389 e. The highest BCUT2D eigenvalue weighted by molar-refractivity contribution is 6.39. The Labute approximate surface area is 148 Å². The molecule has 1 aromatic carbocycles. The Balaban J connectivity index is 1.34. The van der Waals surface area contributed by atoms with E-state index >= 15 is 0 Å². The van der Waals surface area contributed by atoms with Gasteiger partial charge in [0.15, 0.2) is 6.10 Å². The van der Waals surface area contributed by atoms with Crippen LogP contribution in [0.1, 0.15) is 37.9 Å². The minimum atomic E-state index is -0.199. The summed E-state index contributed by atoms with van der Waals surface area (Å²) < 4.78 is 11.2. The minimum absolute atomic E-state index is 0.0173. The maximum Gasteiger partial charge on any atom is 0.269 e. The lowest BCUT2D eigenvalue weighted by Gasteiger charge is -2.15. The van der Waals surface area contributed by atoms with Crippen LogP contribution in [0, 0.1) is 5.92 Å². The molecule has 2 heterocycles. The largest absolute Gasteiger partial charge is 0.389 e. The van der Waals surface area contributed by atoms with Gasteiger partial charge < -0.3 is 19.6 Å². The molecule has 0 spiro atoms. The number of carbonyl (C=O) groups excluding carboxylic acids is 1. The predicted molar refractivity (Wildman–Crippen MR) is 94.3 cm³/mol. The molecule has 0 bridgehead atoms. The first-order chi connectivity index (χ1) is 12.2. The molecular weight excluding hydrogens is 320 g/mol. The molecule has 0 radical (unpaired) electrons. The van der Waals surface area contributed by atoms with Gasteiger partial charge in [-0.1, -0.05) is 35.5 Å². The molecule has 3 unspecified atom stereocenters. The monoisotopic (exact) mass is 346 g/mol. The molecule has 3 atom stereocenters. The summed E-state index contributed by atoms with van der Waals surface area (Å²) in [5.41, 5.74) is 1.57. The summed E-state index contributed by atoms with van der Waals surface area (Å²) in [5.74, 6) is 0.417. The molecule has 0 aromatic heterocycles. The van der Waals surface area contributed by atoms with Crippen LogP contribution in [0.15, 0.2) is 35.5 Å². The van der Waals surface area contributed by atoms with Crippen LogP contribution in [0.4, 0.5) is 0 Å². The van der Waals surface area contributed by atoms with E-state index in [2.05, 4.69) is 10.5 Å². The second kappa shape index (κ2) is 8.97. The number of nitrogens with zero attached hydrogens (tertiary/aromatic N) is 1. The maximum absolute atomic E-state index is 12.1. The average molecular weight is 346 g/mol. The summed E-state index contributed by atoms with van der Waals surface area (Å²) >= 11 is 0. The van der Waals surface area contributed by atoms with Crippen molar-refractivity contribution in [3.63, 3.8) is 0 Å². The van der Waals surface area contributed by atoms with E-state index in [-0.39, 0.29) is 18.1 Å². The third-order valence-electron chi connectivity index (χ3n) is 4.66. The van der Waals surface area contributed by atoms with Gasteiger partial charge in [0.25, 0.3) is 5.91 Å². The van der Waals surface area contributed by atoms with Gasteiger partial charge in [0.2, 0.25) is 0 Å². The van der Waals surface area contributed by atoms with E-state index in [1.54, 1.807) is 0 Å². The van der Waals surface area contributed by atoms with Crippen LogP contribution in [-0.2, 0) is 19.1 Å². The topological polar surface area (TPSA) is 69.2 Å². The third-order valence-corrected chi connectivity index (χ3v) is 4.66. The van der Waals surface area contributed by atoms with Crippen LogP contribution in [-0.4, -0.2) is 44.1 Å². The lowest BCUT2D eigenvalue weighted by atomic mass is 10.1. The smallest absolute Gasteiger partial charge is 0.269 e. The Bertz CT molecular complexity index is 584. The van der Waals surface area contributed by atoms with Crippen LogP contribution in [0.3, 0.4) is 0 Å². The molecule has 3 rings (SSSR count). The van der Waals surface area contributed by atoms with Crippen LogP contribution in [0.5, 0.6) is 0 Å². The highest BCUT2D eigenvalue weighted by Crippen LogP contribution is 2.19. The van der Waals surface area contributed by atoms with Crippen molar-refractivity contribution in [2.75, 3.05) is 26.4 Å². The van der Waals surface area contributed by atoms with Crippen molar-refractivity contribution >= 4 is 11.6 Å². The van der Waals surface area contributed by atoms with E-state index in [1.807, 2.05) is 37.3 Å². The summed E-state index contributed by atoms with van der Waals surface area (Å²) in [4.78, 5) is 17.5. The molecule has 136 valence electrons. The van der Waals surface area contributed by atoms with Gasteiger partial charge in [-0.2, -0.15) is 0 Å². The van der Waals surface area contributed by atoms with Crippen molar-refractivity contribution in [1.29, 1.82) is 0 Å². The van der Waals surface area contributed by atoms with Gasteiger partial charge in [-0.25, -0.2) is 0 Å². The van der Waals surface area contributed by atoms with E-state index in [0.29, 0.717) is 31.2 Å².